The number of ether oxygens (including phenoxy) is 2. The molecule has 0 heterocycles. The number of amides is 1. The second-order valence-corrected chi connectivity index (χ2v) is 8.01. The summed E-state index contributed by atoms with van der Waals surface area (Å²) in [7, 11) is 3.20. The molecule has 0 bridgehead atoms. The zero-order valence-electron chi connectivity index (χ0n) is 17.5. The first-order valence-electron chi connectivity index (χ1n) is 9.93. The molecule has 3 aromatic carbocycles. The summed E-state index contributed by atoms with van der Waals surface area (Å²) in [5.74, 6) is 0.789. The molecule has 164 valence electrons. The largest absolute Gasteiger partial charge is 0.497 e. The number of carbonyl (C=O) groups is 1. The third kappa shape index (κ3) is 3.87. The molecule has 32 heavy (non-hydrogen) atoms. The van der Waals surface area contributed by atoms with Gasteiger partial charge in [0.25, 0.3) is 5.69 Å². The quantitative estimate of drug-likeness (QED) is 0.392. The van der Waals surface area contributed by atoms with Crippen molar-refractivity contribution in [3.63, 3.8) is 0 Å². The summed E-state index contributed by atoms with van der Waals surface area (Å²) in [6, 6.07) is 19.5. The van der Waals surface area contributed by atoms with Crippen LogP contribution in [0.3, 0.4) is 0 Å². The van der Waals surface area contributed by atoms with E-state index < -0.39 is 10.3 Å². The van der Waals surface area contributed by atoms with Gasteiger partial charge in [0, 0.05) is 17.2 Å². The maximum absolute atomic E-state index is 13.2. The Balaban J connectivity index is 1.70. The number of benzene rings is 3. The number of carbonyl (C=O) groups excluding carboxylic acids is 1. The van der Waals surface area contributed by atoms with E-state index in [0.29, 0.717) is 23.6 Å². The molecule has 0 spiro atoms. The summed E-state index contributed by atoms with van der Waals surface area (Å²) >= 11 is 5.89. The fraction of sp³-hybridized carbons (Fsp3) is 0.208. The van der Waals surface area contributed by atoms with E-state index in [1.165, 1.54) is 12.1 Å². The van der Waals surface area contributed by atoms with E-state index >= 15 is 0 Å². The Kier molecular flexibility index (Phi) is 5.76. The molecular weight excluding hydrogens is 432 g/mol. The van der Waals surface area contributed by atoms with E-state index in [2.05, 4.69) is 5.32 Å². The first-order valence-corrected chi connectivity index (χ1v) is 10.3. The van der Waals surface area contributed by atoms with Crippen LogP contribution in [0.2, 0.25) is 5.02 Å². The molecule has 0 radical (unpaired) electrons. The van der Waals surface area contributed by atoms with Crippen LogP contribution in [0, 0.1) is 16.0 Å². The molecule has 1 fully saturated rings. The Bertz CT molecular complexity index is 1150. The first-order chi connectivity index (χ1) is 15.4. The highest BCUT2D eigenvalue weighted by Crippen LogP contribution is 2.60. The van der Waals surface area contributed by atoms with Crippen LogP contribution in [0.4, 0.5) is 11.4 Å². The normalized spacial score (nSPS) is 16.2. The second-order valence-electron chi connectivity index (χ2n) is 7.60. The highest BCUT2D eigenvalue weighted by molar-refractivity contribution is 6.32. The number of methoxy groups -OCH3 is 2. The van der Waals surface area contributed by atoms with Gasteiger partial charge in [-0.1, -0.05) is 35.9 Å². The van der Waals surface area contributed by atoms with Crippen molar-refractivity contribution < 1.29 is 19.2 Å². The molecule has 0 unspecified atom stereocenters. The first kappa shape index (κ1) is 21.6. The molecule has 4 rings (SSSR count). The minimum absolute atomic E-state index is 0.0153. The van der Waals surface area contributed by atoms with Crippen molar-refractivity contribution in [3.8, 4) is 11.5 Å². The van der Waals surface area contributed by atoms with Crippen LogP contribution in [-0.2, 0) is 10.2 Å². The number of halogens is 1. The summed E-state index contributed by atoms with van der Waals surface area (Å²) in [5, 5.41) is 14.0. The highest BCUT2D eigenvalue weighted by Gasteiger charge is 2.60. The second kappa shape index (κ2) is 8.51. The third-order valence-corrected chi connectivity index (χ3v) is 6.18. The molecule has 1 aliphatic rings. The minimum atomic E-state index is -0.577. The van der Waals surface area contributed by atoms with Gasteiger partial charge in [-0.25, -0.2) is 0 Å². The molecular formula is C24H21ClN2O5. The van der Waals surface area contributed by atoms with Crippen molar-refractivity contribution in [1.29, 1.82) is 0 Å². The van der Waals surface area contributed by atoms with Crippen LogP contribution in [0.15, 0.2) is 66.7 Å². The Morgan fingerprint density at radius 1 is 1.03 bits per heavy atom. The van der Waals surface area contributed by atoms with Crippen molar-refractivity contribution in [2.24, 2.45) is 5.92 Å². The van der Waals surface area contributed by atoms with Crippen LogP contribution >= 0.6 is 11.6 Å². The molecule has 0 aliphatic heterocycles. The Morgan fingerprint density at radius 2 is 1.62 bits per heavy atom. The molecule has 8 heteroatoms. The number of nitro benzene ring substituents is 1. The van der Waals surface area contributed by atoms with Gasteiger partial charge < -0.3 is 14.8 Å². The van der Waals surface area contributed by atoms with Crippen LogP contribution < -0.4 is 14.8 Å². The molecule has 1 atom stereocenters. The van der Waals surface area contributed by atoms with Crippen LogP contribution in [0.25, 0.3) is 0 Å². The predicted octanol–water partition coefficient (Wildman–Crippen LogP) is 5.21. The molecule has 1 aliphatic carbocycles. The van der Waals surface area contributed by atoms with Gasteiger partial charge in [0.2, 0.25) is 5.91 Å². The topological polar surface area (TPSA) is 90.7 Å². The van der Waals surface area contributed by atoms with Gasteiger partial charge in [-0.2, -0.15) is 0 Å². The fourth-order valence-electron chi connectivity index (χ4n) is 4.15. The van der Waals surface area contributed by atoms with E-state index in [9.17, 15) is 14.9 Å². The summed E-state index contributed by atoms with van der Waals surface area (Å²) in [5.41, 5.74) is 1.40. The van der Waals surface area contributed by atoms with Gasteiger partial charge in [-0.15, -0.1) is 0 Å². The molecule has 7 nitrogen and oxygen atoms in total. The van der Waals surface area contributed by atoms with Gasteiger partial charge in [-0.05, 0) is 53.9 Å². The lowest BCUT2D eigenvalue weighted by Gasteiger charge is -2.20. The number of hydrogen-bond acceptors (Lipinski definition) is 5. The zero-order chi connectivity index (χ0) is 22.9. The Hall–Kier alpha value is -3.58. The molecule has 1 amide bonds. The van der Waals surface area contributed by atoms with Gasteiger partial charge in [0.05, 0.1) is 25.1 Å². The van der Waals surface area contributed by atoms with Gasteiger partial charge in [-0.3, -0.25) is 14.9 Å². The maximum Gasteiger partial charge on any atom is 0.289 e. The molecule has 1 N–H and O–H groups in total. The molecule has 3 aromatic rings. The number of hydrogen-bond donors (Lipinski definition) is 1. The highest BCUT2D eigenvalue weighted by atomic mass is 35.5. The van der Waals surface area contributed by atoms with Crippen molar-refractivity contribution in [2.45, 2.75) is 11.8 Å². The van der Waals surface area contributed by atoms with E-state index in [4.69, 9.17) is 21.1 Å². The van der Waals surface area contributed by atoms with E-state index in [0.717, 1.165) is 11.1 Å². The number of nitrogens with one attached hydrogen (secondary N) is 1. The SMILES string of the molecule is COc1cccc(C2(c3cccc(OC)c3)C[C@@H]2C(=O)Nc2ccc(Cl)c([N+](=O)[O-])c2)c1. The van der Waals surface area contributed by atoms with Crippen molar-refractivity contribution in [2.75, 3.05) is 19.5 Å². The summed E-state index contributed by atoms with van der Waals surface area (Å²) < 4.78 is 10.8. The van der Waals surface area contributed by atoms with Crippen LogP contribution in [0.1, 0.15) is 17.5 Å². The number of nitro groups is 1. The Morgan fingerprint density at radius 3 is 2.16 bits per heavy atom. The summed E-state index contributed by atoms with van der Waals surface area (Å²) in [6.07, 6.45) is 0.578. The lowest BCUT2D eigenvalue weighted by Crippen LogP contribution is -2.22. The monoisotopic (exact) mass is 452 g/mol. The van der Waals surface area contributed by atoms with Crippen molar-refractivity contribution >= 4 is 28.9 Å². The number of anilines is 1. The predicted molar refractivity (Wildman–Crippen MR) is 122 cm³/mol. The number of rotatable bonds is 7. The smallest absolute Gasteiger partial charge is 0.289 e. The average molecular weight is 453 g/mol. The van der Waals surface area contributed by atoms with E-state index in [1.807, 2.05) is 48.5 Å². The standard InChI is InChI=1S/C24H21ClN2O5/c1-31-18-7-3-5-15(11-18)24(16-6-4-8-19(12-16)32-2)14-20(24)23(28)26-17-9-10-21(25)22(13-17)27(29)30/h3-13,20H,14H2,1-2H3,(H,26,28)/t20-/m1/s1. The van der Waals surface area contributed by atoms with E-state index in [1.54, 1.807) is 20.3 Å². The zero-order valence-corrected chi connectivity index (χ0v) is 18.3. The molecule has 0 saturated heterocycles. The summed E-state index contributed by atoms with van der Waals surface area (Å²) in [4.78, 5) is 23.8. The summed E-state index contributed by atoms with van der Waals surface area (Å²) in [6.45, 7) is 0. The van der Waals surface area contributed by atoms with E-state index in [-0.39, 0.29) is 22.5 Å². The lowest BCUT2D eigenvalue weighted by molar-refractivity contribution is -0.384. The van der Waals surface area contributed by atoms with Crippen molar-refractivity contribution in [3.05, 3.63) is 93.0 Å². The molecule has 0 aromatic heterocycles. The van der Waals surface area contributed by atoms with Crippen molar-refractivity contribution in [1.82, 2.24) is 0 Å². The fourth-order valence-corrected chi connectivity index (χ4v) is 4.33. The number of nitrogens with zero attached hydrogens (tertiary/aromatic N) is 1. The third-order valence-electron chi connectivity index (χ3n) is 5.86. The van der Waals surface area contributed by atoms with Gasteiger partial charge >= 0.3 is 0 Å². The molecule has 1 saturated carbocycles. The Labute approximate surface area is 190 Å². The van der Waals surface area contributed by atoms with Crippen LogP contribution in [0.5, 0.6) is 11.5 Å². The van der Waals surface area contributed by atoms with Crippen LogP contribution in [-0.4, -0.2) is 25.1 Å². The minimum Gasteiger partial charge on any atom is -0.497 e. The van der Waals surface area contributed by atoms with Gasteiger partial charge in [0.1, 0.15) is 16.5 Å². The van der Waals surface area contributed by atoms with Gasteiger partial charge in [0.15, 0.2) is 0 Å². The average Bonchev–Trinajstić information content (AvgIpc) is 3.57. The lowest BCUT2D eigenvalue weighted by atomic mass is 9.85. The maximum atomic E-state index is 13.2.